The normalized spacial score (nSPS) is 34.7. The molecule has 1 aromatic carbocycles. The number of hydrogen-bond acceptors (Lipinski definition) is 2. The summed E-state index contributed by atoms with van der Waals surface area (Å²) in [4.78, 5) is 2.71. The molecule has 2 fully saturated rings. The Bertz CT molecular complexity index is 430. The van der Waals surface area contributed by atoms with Crippen LogP contribution in [0.1, 0.15) is 38.7 Å². The lowest BCUT2D eigenvalue weighted by atomic mass is 9.65. The van der Waals surface area contributed by atoms with Crippen molar-refractivity contribution in [1.82, 2.24) is 10.2 Å². The van der Waals surface area contributed by atoms with Crippen molar-refractivity contribution in [2.45, 2.75) is 45.7 Å². The van der Waals surface area contributed by atoms with Gasteiger partial charge in [0.1, 0.15) is 0 Å². The predicted octanol–water partition coefficient (Wildman–Crippen LogP) is 3.29. The number of nitrogens with zero attached hydrogens (tertiary/aromatic N) is 1. The molecule has 0 amide bonds. The SMILES string of the molecule is CCC1CNCCC12CCN(Cc1ccccc1)C2C. The lowest BCUT2D eigenvalue weighted by Gasteiger charge is -2.46. The van der Waals surface area contributed by atoms with E-state index in [2.05, 4.69) is 54.4 Å². The Morgan fingerprint density at radius 3 is 2.80 bits per heavy atom. The third-order valence-corrected chi connectivity index (χ3v) is 5.94. The second-order valence-corrected chi connectivity index (χ2v) is 6.67. The van der Waals surface area contributed by atoms with E-state index < -0.39 is 0 Å². The highest BCUT2D eigenvalue weighted by Gasteiger charge is 2.49. The van der Waals surface area contributed by atoms with Gasteiger partial charge < -0.3 is 5.32 Å². The molecule has 2 heteroatoms. The number of piperidine rings is 1. The van der Waals surface area contributed by atoms with Gasteiger partial charge in [-0.25, -0.2) is 0 Å². The quantitative estimate of drug-likeness (QED) is 0.908. The van der Waals surface area contributed by atoms with Crippen LogP contribution in [0.4, 0.5) is 0 Å². The summed E-state index contributed by atoms with van der Waals surface area (Å²) in [5.41, 5.74) is 2.02. The van der Waals surface area contributed by atoms with Gasteiger partial charge in [0.05, 0.1) is 0 Å². The molecule has 2 saturated heterocycles. The van der Waals surface area contributed by atoms with Crippen LogP contribution in [-0.4, -0.2) is 30.6 Å². The lowest BCUT2D eigenvalue weighted by molar-refractivity contribution is 0.0587. The smallest absolute Gasteiger partial charge is 0.0236 e. The standard InChI is InChI=1S/C18H28N2/c1-3-17-13-19-11-9-18(17)10-12-20(15(18)2)14-16-7-5-4-6-8-16/h4-8,15,17,19H,3,9-14H2,1-2H3. The van der Waals surface area contributed by atoms with E-state index in [1.165, 1.54) is 44.5 Å². The maximum Gasteiger partial charge on any atom is 0.0236 e. The molecule has 0 radical (unpaired) electrons. The molecule has 2 heterocycles. The molecule has 3 unspecified atom stereocenters. The van der Waals surface area contributed by atoms with E-state index in [0.29, 0.717) is 5.41 Å². The van der Waals surface area contributed by atoms with Crippen LogP contribution in [0, 0.1) is 11.3 Å². The topological polar surface area (TPSA) is 15.3 Å². The van der Waals surface area contributed by atoms with Crippen LogP contribution in [0.3, 0.4) is 0 Å². The second-order valence-electron chi connectivity index (χ2n) is 6.67. The van der Waals surface area contributed by atoms with Crippen molar-refractivity contribution >= 4 is 0 Å². The van der Waals surface area contributed by atoms with Gasteiger partial charge in [0.2, 0.25) is 0 Å². The number of likely N-dealkylation sites (tertiary alicyclic amines) is 1. The third kappa shape index (κ3) is 2.40. The first kappa shape index (κ1) is 14.1. The summed E-state index contributed by atoms with van der Waals surface area (Å²) in [6.45, 7) is 9.66. The van der Waals surface area contributed by atoms with Gasteiger partial charge in [-0.05, 0) is 56.3 Å². The number of nitrogens with one attached hydrogen (secondary N) is 1. The Kier molecular flexibility index (Phi) is 4.13. The summed E-state index contributed by atoms with van der Waals surface area (Å²) >= 11 is 0. The summed E-state index contributed by atoms with van der Waals surface area (Å²) in [6.07, 6.45) is 4.07. The number of rotatable bonds is 3. The van der Waals surface area contributed by atoms with E-state index in [1.54, 1.807) is 0 Å². The summed E-state index contributed by atoms with van der Waals surface area (Å²) in [5, 5.41) is 3.60. The summed E-state index contributed by atoms with van der Waals surface area (Å²) in [7, 11) is 0. The highest BCUT2D eigenvalue weighted by Crippen LogP contribution is 2.48. The van der Waals surface area contributed by atoms with Crippen molar-refractivity contribution in [3.05, 3.63) is 35.9 Å². The number of hydrogen-bond donors (Lipinski definition) is 1. The minimum Gasteiger partial charge on any atom is -0.316 e. The molecular weight excluding hydrogens is 244 g/mol. The molecule has 1 spiro atoms. The Morgan fingerprint density at radius 2 is 2.05 bits per heavy atom. The fourth-order valence-electron chi connectivity index (χ4n) is 4.59. The van der Waals surface area contributed by atoms with E-state index in [4.69, 9.17) is 0 Å². The van der Waals surface area contributed by atoms with Crippen LogP contribution in [0.2, 0.25) is 0 Å². The molecule has 110 valence electrons. The largest absolute Gasteiger partial charge is 0.316 e. The summed E-state index contributed by atoms with van der Waals surface area (Å²) in [5.74, 6) is 0.854. The molecule has 0 bridgehead atoms. The number of benzene rings is 1. The zero-order valence-corrected chi connectivity index (χ0v) is 12.9. The van der Waals surface area contributed by atoms with Crippen molar-refractivity contribution in [3.63, 3.8) is 0 Å². The molecule has 3 atom stereocenters. The summed E-state index contributed by atoms with van der Waals surface area (Å²) in [6, 6.07) is 11.7. The van der Waals surface area contributed by atoms with E-state index >= 15 is 0 Å². The van der Waals surface area contributed by atoms with Gasteiger partial charge in [-0.1, -0.05) is 43.7 Å². The van der Waals surface area contributed by atoms with Crippen LogP contribution in [0.15, 0.2) is 30.3 Å². The van der Waals surface area contributed by atoms with Gasteiger partial charge in [-0.3, -0.25) is 4.90 Å². The van der Waals surface area contributed by atoms with Crippen LogP contribution in [0.5, 0.6) is 0 Å². The molecule has 3 rings (SSSR count). The molecule has 1 aromatic rings. The van der Waals surface area contributed by atoms with Crippen molar-refractivity contribution in [2.24, 2.45) is 11.3 Å². The molecular formula is C18H28N2. The van der Waals surface area contributed by atoms with E-state index in [1.807, 2.05) is 0 Å². The average molecular weight is 272 g/mol. The lowest BCUT2D eigenvalue weighted by Crippen LogP contribution is -2.50. The molecule has 2 nitrogen and oxygen atoms in total. The van der Waals surface area contributed by atoms with E-state index in [9.17, 15) is 0 Å². The second kappa shape index (κ2) is 5.87. The van der Waals surface area contributed by atoms with Crippen molar-refractivity contribution in [3.8, 4) is 0 Å². The molecule has 2 aliphatic rings. The average Bonchev–Trinajstić information content (AvgIpc) is 2.79. The third-order valence-electron chi connectivity index (χ3n) is 5.94. The monoisotopic (exact) mass is 272 g/mol. The molecule has 0 aliphatic carbocycles. The van der Waals surface area contributed by atoms with Gasteiger partial charge in [0.25, 0.3) is 0 Å². The maximum absolute atomic E-state index is 3.60. The van der Waals surface area contributed by atoms with Crippen LogP contribution in [0.25, 0.3) is 0 Å². The van der Waals surface area contributed by atoms with Crippen LogP contribution >= 0.6 is 0 Å². The van der Waals surface area contributed by atoms with Gasteiger partial charge in [0, 0.05) is 12.6 Å². The predicted molar refractivity (Wildman–Crippen MR) is 84.6 cm³/mol. The van der Waals surface area contributed by atoms with E-state index in [0.717, 1.165) is 18.5 Å². The minimum absolute atomic E-state index is 0.564. The van der Waals surface area contributed by atoms with Crippen LogP contribution < -0.4 is 5.32 Å². The van der Waals surface area contributed by atoms with Gasteiger partial charge in [-0.2, -0.15) is 0 Å². The Morgan fingerprint density at radius 1 is 1.25 bits per heavy atom. The zero-order chi connectivity index (χ0) is 14.0. The first-order valence-corrected chi connectivity index (χ1v) is 8.25. The first-order valence-electron chi connectivity index (χ1n) is 8.25. The van der Waals surface area contributed by atoms with Crippen molar-refractivity contribution in [2.75, 3.05) is 19.6 Å². The van der Waals surface area contributed by atoms with Crippen LogP contribution in [-0.2, 0) is 6.54 Å². The van der Waals surface area contributed by atoms with Gasteiger partial charge in [-0.15, -0.1) is 0 Å². The molecule has 1 N–H and O–H groups in total. The molecule has 0 saturated carbocycles. The fraction of sp³-hybridized carbons (Fsp3) is 0.667. The highest BCUT2D eigenvalue weighted by atomic mass is 15.2. The summed E-state index contributed by atoms with van der Waals surface area (Å²) < 4.78 is 0. The van der Waals surface area contributed by atoms with Gasteiger partial charge >= 0.3 is 0 Å². The van der Waals surface area contributed by atoms with Crippen molar-refractivity contribution < 1.29 is 0 Å². The minimum atomic E-state index is 0.564. The van der Waals surface area contributed by atoms with Crippen molar-refractivity contribution in [1.29, 1.82) is 0 Å². The first-order chi connectivity index (χ1) is 9.76. The Balaban J connectivity index is 1.74. The Hall–Kier alpha value is -0.860. The highest BCUT2D eigenvalue weighted by molar-refractivity contribution is 5.15. The fourth-order valence-corrected chi connectivity index (χ4v) is 4.59. The molecule has 20 heavy (non-hydrogen) atoms. The maximum atomic E-state index is 3.60. The molecule has 2 aliphatic heterocycles. The van der Waals surface area contributed by atoms with E-state index in [-0.39, 0.29) is 0 Å². The molecule has 0 aromatic heterocycles. The Labute approximate surface area is 123 Å². The van der Waals surface area contributed by atoms with Gasteiger partial charge in [0.15, 0.2) is 0 Å². The zero-order valence-electron chi connectivity index (χ0n) is 12.9.